The van der Waals surface area contributed by atoms with Crippen molar-refractivity contribution in [1.29, 1.82) is 0 Å². The van der Waals surface area contributed by atoms with E-state index in [1.165, 1.54) is 6.42 Å². The Balaban J connectivity index is 1.62. The summed E-state index contributed by atoms with van der Waals surface area (Å²) in [6.07, 6.45) is 7.70. The molecule has 2 aromatic rings. The molecule has 1 fully saturated rings. The second-order valence-electron chi connectivity index (χ2n) is 7.97. The van der Waals surface area contributed by atoms with Gasteiger partial charge >= 0.3 is 5.97 Å². The zero-order valence-corrected chi connectivity index (χ0v) is 19.3. The molecule has 33 heavy (non-hydrogen) atoms. The van der Waals surface area contributed by atoms with Crippen LogP contribution in [0.5, 0.6) is 17.2 Å². The lowest BCUT2D eigenvalue weighted by molar-refractivity contribution is -0.125. The molecule has 0 aromatic heterocycles. The van der Waals surface area contributed by atoms with E-state index in [1.54, 1.807) is 48.7 Å². The van der Waals surface area contributed by atoms with Gasteiger partial charge < -0.3 is 14.2 Å². The van der Waals surface area contributed by atoms with Gasteiger partial charge in [0.15, 0.2) is 11.5 Å². The largest absolute Gasteiger partial charge is 0.494 e. The number of hydrogen-bond donors (Lipinski definition) is 1. The predicted molar refractivity (Wildman–Crippen MR) is 127 cm³/mol. The minimum atomic E-state index is -0.487. The third-order valence-electron chi connectivity index (χ3n) is 5.40. The highest BCUT2D eigenvalue weighted by Crippen LogP contribution is 2.29. The second kappa shape index (κ2) is 12.6. The molecule has 7 heteroatoms. The predicted octanol–water partition coefficient (Wildman–Crippen LogP) is 5.12. The van der Waals surface area contributed by atoms with Crippen LogP contribution in [-0.4, -0.2) is 31.3 Å². The minimum Gasteiger partial charge on any atom is -0.494 e. The third-order valence-corrected chi connectivity index (χ3v) is 5.40. The maximum atomic E-state index is 12.6. The van der Waals surface area contributed by atoms with Crippen molar-refractivity contribution in [1.82, 2.24) is 5.43 Å². The van der Waals surface area contributed by atoms with Crippen molar-refractivity contribution in [2.45, 2.75) is 52.4 Å². The molecule has 1 N–H and O–H groups in total. The Kier molecular flexibility index (Phi) is 9.30. The van der Waals surface area contributed by atoms with Crippen molar-refractivity contribution in [2.24, 2.45) is 11.0 Å². The standard InChI is InChI=1S/C26H32N2O5/c1-3-16-32-22-13-11-21(12-14-22)26(30)33-23-15-10-19(17-24(23)31-4-2)18-27-28-25(29)20-8-6-5-7-9-20/h10-15,17-18,20H,3-9,16H2,1-2H3,(H,28,29)/b27-18-. The molecule has 1 saturated carbocycles. The molecule has 176 valence electrons. The number of hydrazone groups is 1. The molecule has 0 saturated heterocycles. The fourth-order valence-electron chi connectivity index (χ4n) is 3.65. The zero-order valence-electron chi connectivity index (χ0n) is 19.3. The highest BCUT2D eigenvalue weighted by molar-refractivity contribution is 5.92. The highest BCUT2D eigenvalue weighted by Gasteiger charge is 2.20. The van der Waals surface area contributed by atoms with Crippen LogP contribution in [0.3, 0.4) is 0 Å². The van der Waals surface area contributed by atoms with Gasteiger partial charge in [-0.1, -0.05) is 26.2 Å². The molecule has 0 heterocycles. The van der Waals surface area contributed by atoms with Crippen molar-refractivity contribution < 1.29 is 23.8 Å². The third kappa shape index (κ3) is 7.34. The number of nitrogens with zero attached hydrogens (tertiary/aromatic N) is 1. The van der Waals surface area contributed by atoms with Crippen LogP contribution in [0, 0.1) is 5.92 Å². The maximum Gasteiger partial charge on any atom is 0.343 e. The van der Waals surface area contributed by atoms with Gasteiger partial charge in [0.1, 0.15) is 5.75 Å². The Bertz CT molecular complexity index is 950. The number of carbonyl (C=O) groups excluding carboxylic acids is 2. The van der Waals surface area contributed by atoms with E-state index >= 15 is 0 Å². The molecule has 3 rings (SSSR count). The van der Waals surface area contributed by atoms with Gasteiger partial charge in [-0.15, -0.1) is 0 Å². The summed E-state index contributed by atoms with van der Waals surface area (Å²) < 4.78 is 16.8. The van der Waals surface area contributed by atoms with Crippen molar-refractivity contribution in [3.05, 3.63) is 53.6 Å². The topological polar surface area (TPSA) is 86.2 Å². The van der Waals surface area contributed by atoms with Gasteiger partial charge in [0, 0.05) is 5.92 Å². The Morgan fingerprint density at radius 3 is 2.45 bits per heavy atom. The van der Waals surface area contributed by atoms with Crippen molar-refractivity contribution in [2.75, 3.05) is 13.2 Å². The van der Waals surface area contributed by atoms with Gasteiger partial charge in [-0.2, -0.15) is 5.10 Å². The summed E-state index contributed by atoms with van der Waals surface area (Å²) in [6, 6.07) is 12.0. The highest BCUT2D eigenvalue weighted by atomic mass is 16.6. The summed E-state index contributed by atoms with van der Waals surface area (Å²) in [5.74, 6) is 0.978. The number of esters is 1. The van der Waals surface area contributed by atoms with E-state index in [0.29, 0.717) is 36.0 Å². The maximum absolute atomic E-state index is 12.6. The quantitative estimate of drug-likeness (QED) is 0.234. The molecule has 0 radical (unpaired) electrons. The summed E-state index contributed by atoms with van der Waals surface area (Å²) in [5, 5.41) is 4.09. The smallest absolute Gasteiger partial charge is 0.343 e. The molecule has 0 bridgehead atoms. The van der Waals surface area contributed by atoms with Gasteiger partial charge in [0.2, 0.25) is 5.91 Å². The SMILES string of the molecule is CCCOc1ccc(C(=O)Oc2ccc(/C=N\NC(=O)C3CCCCC3)cc2OCC)cc1. The molecule has 0 unspecified atom stereocenters. The summed E-state index contributed by atoms with van der Waals surface area (Å²) in [6.45, 7) is 4.92. The van der Waals surface area contributed by atoms with E-state index < -0.39 is 5.97 Å². The minimum absolute atomic E-state index is 0.0346. The van der Waals surface area contributed by atoms with Crippen molar-refractivity contribution in [3.63, 3.8) is 0 Å². The molecule has 1 amide bonds. The van der Waals surface area contributed by atoms with E-state index in [2.05, 4.69) is 10.5 Å². The Labute approximate surface area is 195 Å². The first-order chi connectivity index (χ1) is 16.1. The molecular weight excluding hydrogens is 420 g/mol. The monoisotopic (exact) mass is 452 g/mol. The van der Waals surface area contributed by atoms with Crippen LogP contribution < -0.4 is 19.6 Å². The molecule has 0 atom stereocenters. The van der Waals surface area contributed by atoms with Gasteiger partial charge in [-0.25, -0.2) is 10.2 Å². The van der Waals surface area contributed by atoms with Crippen LogP contribution in [0.4, 0.5) is 0 Å². The number of ether oxygens (including phenoxy) is 3. The van der Waals surface area contributed by atoms with Crippen LogP contribution in [0.2, 0.25) is 0 Å². The molecule has 1 aliphatic rings. The van der Waals surface area contributed by atoms with E-state index in [9.17, 15) is 9.59 Å². The number of hydrogen-bond acceptors (Lipinski definition) is 6. The number of benzene rings is 2. The second-order valence-corrected chi connectivity index (χ2v) is 7.97. The van der Waals surface area contributed by atoms with Gasteiger partial charge in [0.05, 0.1) is 25.0 Å². The molecule has 7 nitrogen and oxygen atoms in total. The lowest BCUT2D eigenvalue weighted by atomic mass is 9.89. The first-order valence-electron chi connectivity index (χ1n) is 11.7. The van der Waals surface area contributed by atoms with Crippen LogP contribution in [0.25, 0.3) is 0 Å². The normalized spacial score (nSPS) is 14.1. The average molecular weight is 453 g/mol. The number of nitrogens with one attached hydrogen (secondary N) is 1. The van der Waals surface area contributed by atoms with E-state index in [4.69, 9.17) is 14.2 Å². The summed E-state index contributed by atoms with van der Waals surface area (Å²) >= 11 is 0. The lowest BCUT2D eigenvalue weighted by Crippen LogP contribution is -2.28. The van der Waals surface area contributed by atoms with Gasteiger partial charge in [-0.05, 0) is 74.2 Å². The molecule has 0 aliphatic heterocycles. The molecule has 0 spiro atoms. The fourth-order valence-corrected chi connectivity index (χ4v) is 3.65. The molecule has 1 aliphatic carbocycles. The Morgan fingerprint density at radius 1 is 1.00 bits per heavy atom. The summed E-state index contributed by atoms with van der Waals surface area (Å²) in [4.78, 5) is 24.8. The van der Waals surface area contributed by atoms with Crippen molar-refractivity contribution >= 4 is 18.1 Å². The molecular formula is C26H32N2O5. The van der Waals surface area contributed by atoms with Crippen molar-refractivity contribution in [3.8, 4) is 17.2 Å². The Hall–Kier alpha value is -3.35. The van der Waals surface area contributed by atoms with E-state index in [-0.39, 0.29) is 11.8 Å². The zero-order chi connectivity index (χ0) is 23.5. The average Bonchev–Trinajstić information content (AvgIpc) is 2.85. The van der Waals surface area contributed by atoms with Gasteiger partial charge in [-0.3, -0.25) is 4.79 Å². The van der Waals surface area contributed by atoms with E-state index in [1.807, 2.05) is 13.8 Å². The Morgan fingerprint density at radius 2 is 1.76 bits per heavy atom. The number of carbonyl (C=O) groups is 2. The van der Waals surface area contributed by atoms with Gasteiger partial charge in [0.25, 0.3) is 0 Å². The summed E-state index contributed by atoms with van der Waals surface area (Å²) in [7, 11) is 0. The first kappa shape index (κ1) is 24.3. The van der Waals surface area contributed by atoms with Crippen LogP contribution in [0.1, 0.15) is 68.3 Å². The van der Waals surface area contributed by atoms with Crippen LogP contribution in [-0.2, 0) is 4.79 Å². The van der Waals surface area contributed by atoms with Crippen LogP contribution in [0.15, 0.2) is 47.6 Å². The van der Waals surface area contributed by atoms with E-state index in [0.717, 1.165) is 37.7 Å². The van der Waals surface area contributed by atoms with Crippen LogP contribution >= 0.6 is 0 Å². The number of rotatable bonds is 10. The summed E-state index contributed by atoms with van der Waals surface area (Å²) in [5.41, 5.74) is 3.77. The lowest BCUT2D eigenvalue weighted by Gasteiger charge is -2.19. The molecule has 2 aromatic carbocycles. The number of amides is 1. The fraction of sp³-hybridized carbons (Fsp3) is 0.423. The first-order valence-corrected chi connectivity index (χ1v) is 11.7.